The molecule has 0 aromatic heterocycles. The zero-order chi connectivity index (χ0) is 22.9. The summed E-state index contributed by atoms with van der Waals surface area (Å²) in [5.41, 5.74) is 0.331. The van der Waals surface area contributed by atoms with Crippen molar-refractivity contribution < 1.29 is 31.9 Å². The van der Waals surface area contributed by atoms with Crippen LogP contribution >= 0.6 is 0 Å². The third-order valence-corrected chi connectivity index (χ3v) is 8.28. The van der Waals surface area contributed by atoms with Crippen molar-refractivity contribution in [1.82, 2.24) is 10.2 Å². The number of imide groups is 1. The highest BCUT2D eigenvalue weighted by atomic mass is 32.2. The number of hydrogen-bond donors (Lipinski definition) is 1. The Labute approximate surface area is 187 Å². The van der Waals surface area contributed by atoms with Gasteiger partial charge in [0.05, 0.1) is 18.1 Å². The van der Waals surface area contributed by atoms with E-state index in [4.69, 9.17) is 9.47 Å². The molecule has 4 rings (SSSR count). The fourth-order valence-corrected chi connectivity index (χ4v) is 5.91. The molecule has 176 valence electrons. The Balaban J connectivity index is 1.26. The van der Waals surface area contributed by atoms with Crippen molar-refractivity contribution in [1.29, 1.82) is 0 Å². The van der Waals surface area contributed by atoms with E-state index in [9.17, 15) is 22.4 Å². The summed E-state index contributed by atoms with van der Waals surface area (Å²) < 4.78 is 50.6. The van der Waals surface area contributed by atoms with Crippen LogP contribution in [0, 0.1) is 11.7 Å². The summed E-state index contributed by atoms with van der Waals surface area (Å²) in [6.07, 6.45) is 3.99. The predicted molar refractivity (Wildman–Crippen MR) is 114 cm³/mol. The SMILES string of the molecule is C[C@H]1C(=O)NC(=O)N1COCCCS(=O)(=O)CC1(c2ccc(F)c(OCC3CC3)c2)CC1. The van der Waals surface area contributed by atoms with E-state index >= 15 is 0 Å². The van der Waals surface area contributed by atoms with E-state index < -0.39 is 33.1 Å². The lowest BCUT2D eigenvalue weighted by molar-refractivity contribution is -0.121. The molecule has 0 spiro atoms. The minimum atomic E-state index is -3.35. The van der Waals surface area contributed by atoms with Crippen LogP contribution in [0.3, 0.4) is 0 Å². The summed E-state index contributed by atoms with van der Waals surface area (Å²) >= 11 is 0. The number of halogens is 1. The predicted octanol–water partition coefficient (Wildman–Crippen LogP) is 2.37. The second-order valence-electron chi connectivity index (χ2n) is 9.10. The Bertz CT molecular complexity index is 990. The maximum Gasteiger partial charge on any atom is 0.326 e. The highest BCUT2D eigenvalue weighted by molar-refractivity contribution is 7.91. The Kier molecular flexibility index (Phi) is 6.44. The first kappa shape index (κ1) is 23.0. The van der Waals surface area contributed by atoms with Crippen molar-refractivity contribution in [3.8, 4) is 5.75 Å². The lowest BCUT2D eigenvalue weighted by Crippen LogP contribution is -2.35. The topological polar surface area (TPSA) is 102 Å². The molecule has 8 nitrogen and oxygen atoms in total. The highest BCUT2D eigenvalue weighted by Gasteiger charge is 2.47. The highest BCUT2D eigenvalue weighted by Crippen LogP contribution is 2.50. The number of carbonyl (C=O) groups excluding carboxylic acids is 2. The molecule has 2 saturated carbocycles. The van der Waals surface area contributed by atoms with Crippen molar-refractivity contribution in [2.45, 2.75) is 50.5 Å². The average Bonchev–Trinajstić information content (AvgIpc) is 3.65. The number of nitrogens with zero attached hydrogens (tertiary/aromatic N) is 1. The standard InChI is InChI=1S/C22H29FN2O6S/c1-15-20(26)24-21(27)25(15)14-30-9-2-10-32(28,29)13-22(7-8-22)17-5-6-18(23)19(11-17)31-12-16-3-4-16/h5-6,11,15-16H,2-4,7-10,12-14H2,1H3,(H,24,26,27)/t15-/m0/s1. The van der Waals surface area contributed by atoms with Crippen LogP contribution in [0.25, 0.3) is 0 Å². The zero-order valence-corrected chi connectivity index (χ0v) is 19.0. The van der Waals surface area contributed by atoms with Crippen molar-refractivity contribution in [2.75, 3.05) is 31.5 Å². The van der Waals surface area contributed by atoms with E-state index in [0.717, 1.165) is 31.2 Å². The quantitative estimate of drug-likeness (QED) is 0.373. The van der Waals surface area contributed by atoms with Crippen LogP contribution in [0.1, 0.15) is 44.6 Å². The van der Waals surface area contributed by atoms with Crippen LogP contribution < -0.4 is 10.1 Å². The molecule has 0 radical (unpaired) electrons. The van der Waals surface area contributed by atoms with Gasteiger partial charge in [-0.15, -0.1) is 0 Å². The van der Waals surface area contributed by atoms with Crippen LogP contribution in [0.15, 0.2) is 18.2 Å². The molecular formula is C22H29FN2O6S. The molecule has 1 heterocycles. The van der Waals surface area contributed by atoms with Gasteiger partial charge in [-0.2, -0.15) is 0 Å². The summed E-state index contributed by atoms with van der Waals surface area (Å²) in [5, 5.41) is 2.19. The van der Waals surface area contributed by atoms with Gasteiger partial charge in [0.2, 0.25) is 0 Å². The van der Waals surface area contributed by atoms with Gasteiger partial charge in [0.1, 0.15) is 12.8 Å². The van der Waals surface area contributed by atoms with Crippen LogP contribution in [-0.4, -0.2) is 62.7 Å². The summed E-state index contributed by atoms with van der Waals surface area (Å²) in [6.45, 7) is 2.19. The molecule has 3 fully saturated rings. The second kappa shape index (κ2) is 8.97. The number of rotatable bonds is 12. The minimum absolute atomic E-state index is 0.00770. The summed E-state index contributed by atoms with van der Waals surface area (Å²) in [6, 6.07) is 3.57. The number of hydrogen-bond acceptors (Lipinski definition) is 6. The molecule has 1 atom stereocenters. The monoisotopic (exact) mass is 468 g/mol. The van der Waals surface area contributed by atoms with E-state index in [1.807, 2.05) is 0 Å². The molecule has 1 N–H and O–H groups in total. The smallest absolute Gasteiger partial charge is 0.326 e. The molecule has 0 unspecified atom stereocenters. The number of nitrogens with one attached hydrogen (secondary N) is 1. The average molecular weight is 469 g/mol. The molecule has 0 bridgehead atoms. The fraction of sp³-hybridized carbons (Fsp3) is 0.636. The number of sulfone groups is 1. The number of urea groups is 1. The number of benzene rings is 1. The first-order valence-electron chi connectivity index (χ1n) is 11.0. The zero-order valence-electron chi connectivity index (χ0n) is 18.1. The second-order valence-corrected chi connectivity index (χ2v) is 11.3. The maximum absolute atomic E-state index is 14.1. The van der Waals surface area contributed by atoms with Crippen LogP contribution in [0.4, 0.5) is 9.18 Å². The van der Waals surface area contributed by atoms with E-state index in [0.29, 0.717) is 12.5 Å². The summed E-state index contributed by atoms with van der Waals surface area (Å²) in [7, 11) is -3.35. The van der Waals surface area contributed by atoms with Gasteiger partial charge < -0.3 is 9.47 Å². The van der Waals surface area contributed by atoms with Crippen molar-refractivity contribution >= 4 is 21.8 Å². The largest absolute Gasteiger partial charge is 0.490 e. The first-order valence-corrected chi connectivity index (χ1v) is 12.8. The molecule has 1 saturated heterocycles. The van der Waals surface area contributed by atoms with Crippen molar-refractivity contribution in [3.63, 3.8) is 0 Å². The Morgan fingerprint density at radius 2 is 2.00 bits per heavy atom. The maximum atomic E-state index is 14.1. The lowest BCUT2D eigenvalue weighted by atomic mass is 9.98. The van der Waals surface area contributed by atoms with Crippen LogP contribution in [-0.2, 0) is 24.8 Å². The van der Waals surface area contributed by atoms with Gasteiger partial charge in [0.15, 0.2) is 21.4 Å². The van der Waals surface area contributed by atoms with Crippen molar-refractivity contribution in [2.24, 2.45) is 5.92 Å². The first-order chi connectivity index (χ1) is 15.2. The van der Waals surface area contributed by atoms with Crippen LogP contribution in [0.2, 0.25) is 0 Å². The van der Waals surface area contributed by atoms with Gasteiger partial charge in [-0.1, -0.05) is 6.07 Å². The summed E-state index contributed by atoms with van der Waals surface area (Å²) in [5.74, 6) is -0.134. The Hall–Kier alpha value is -2.20. The third-order valence-electron chi connectivity index (χ3n) is 6.38. The Morgan fingerprint density at radius 1 is 1.25 bits per heavy atom. The molecule has 3 amide bonds. The molecule has 1 aromatic rings. The molecule has 2 aliphatic carbocycles. The van der Waals surface area contributed by atoms with E-state index in [1.54, 1.807) is 19.1 Å². The molecule has 32 heavy (non-hydrogen) atoms. The van der Waals surface area contributed by atoms with Gasteiger partial charge >= 0.3 is 6.03 Å². The molecule has 1 aromatic carbocycles. The molecular weight excluding hydrogens is 439 g/mol. The van der Waals surface area contributed by atoms with Gasteiger partial charge in [-0.05, 0) is 62.6 Å². The number of carbonyl (C=O) groups is 2. The molecule has 10 heteroatoms. The molecule has 3 aliphatic rings. The van der Waals surface area contributed by atoms with Gasteiger partial charge in [-0.25, -0.2) is 17.6 Å². The minimum Gasteiger partial charge on any atom is -0.490 e. The molecule has 1 aliphatic heterocycles. The summed E-state index contributed by atoms with van der Waals surface area (Å²) in [4.78, 5) is 24.3. The van der Waals surface area contributed by atoms with E-state index in [1.165, 1.54) is 11.0 Å². The van der Waals surface area contributed by atoms with E-state index in [2.05, 4.69) is 5.32 Å². The van der Waals surface area contributed by atoms with Gasteiger partial charge in [0.25, 0.3) is 5.91 Å². The van der Waals surface area contributed by atoms with Gasteiger partial charge in [0, 0.05) is 12.0 Å². The number of ether oxygens (including phenoxy) is 2. The normalized spacial score (nSPS) is 22.2. The van der Waals surface area contributed by atoms with Crippen LogP contribution in [0.5, 0.6) is 5.75 Å². The fourth-order valence-electron chi connectivity index (χ4n) is 3.91. The number of amides is 3. The Morgan fingerprint density at radius 3 is 2.62 bits per heavy atom. The third kappa shape index (κ3) is 5.40. The lowest BCUT2D eigenvalue weighted by Gasteiger charge is -2.19. The van der Waals surface area contributed by atoms with Gasteiger partial charge in [-0.3, -0.25) is 15.0 Å². The van der Waals surface area contributed by atoms with Crippen molar-refractivity contribution in [3.05, 3.63) is 29.6 Å². The van der Waals surface area contributed by atoms with E-state index in [-0.39, 0.29) is 42.9 Å².